The van der Waals surface area contributed by atoms with Gasteiger partial charge in [-0.3, -0.25) is 4.79 Å². The maximum atomic E-state index is 12.6. The van der Waals surface area contributed by atoms with Crippen LogP contribution in [0.15, 0.2) is 30.7 Å². The molecule has 3 aromatic rings. The Balaban J connectivity index is 2.12. The van der Waals surface area contributed by atoms with Crippen molar-refractivity contribution in [1.82, 2.24) is 19.7 Å². The van der Waals surface area contributed by atoms with Crippen molar-refractivity contribution in [3.8, 4) is 11.1 Å². The van der Waals surface area contributed by atoms with Crippen LogP contribution in [-0.2, 0) is 20.9 Å². The molecule has 0 N–H and O–H groups in total. The van der Waals surface area contributed by atoms with Crippen molar-refractivity contribution in [1.29, 1.82) is 0 Å². The van der Waals surface area contributed by atoms with Crippen LogP contribution in [0.1, 0.15) is 39.1 Å². The van der Waals surface area contributed by atoms with Crippen LogP contribution < -0.4 is 0 Å². The van der Waals surface area contributed by atoms with Gasteiger partial charge in [0.15, 0.2) is 0 Å². The summed E-state index contributed by atoms with van der Waals surface area (Å²) in [7, 11) is 0. The number of carbonyl (C=O) groups excluding carboxylic acids is 2. The summed E-state index contributed by atoms with van der Waals surface area (Å²) in [5, 5.41) is 4.90. The van der Waals surface area contributed by atoms with Gasteiger partial charge in [0.1, 0.15) is 18.0 Å². The molecule has 0 atom stereocenters. The Morgan fingerprint density at radius 3 is 2.36 bits per heavy atom. The Hall–Kier alpha value is -3.29. The predicted molar refractivity (Wildman–Crippen MR) is 103 cm³/mol. The molecule has 0 saturated heterocycles. The molecule has 0 saturated carbocycles. The summed E-state index contributed by atoms with van der Waals surface area (Å²) in [5.41, 5.74) is 2.14. The number of fused-ring (bicyclic) bond motifs is 1. The number of carbonyl (C=O) groups is 2. The molecule has 0 radical (unpaired) electrons. The third kappa shape index (κ3) is 4.33. The minimum Gasteiger partial charge on any atom is -0.461 e. The number of hydrogen-bond donors (Lipinski definition) is 0. The third-order valence-electron chi connectivity index (χ3n) is 3.85. The Morgan fingerprint density at radius 1 is 1.07 bits per heavy atom. The highest BCUT2D eigenvalue weighted by molar-refractivity contribution is 5.93. The molecule has 8 nitrogen and oxygen atoms in total. The Morgan fingerprint density at radius 2 is 1.75 bits per heavy atom. The van der Waals surface area contributed by atoms with Gasteiger partial charge in [-0.25, -0.2) is 14.8 Å². The zero-order valence-electron chi connectivity index (χ0n) is 16.5. The van der Waals surface area contributed by atoms with Gasteiger partial charge in [0.2, 0.25) is 0 Å². The number of rotatable bonds is 3. The molecule has 0 aliphatic heterocycles. The van der Waals surface area contributed by atoms with E-state index in [0.29, 0.717) is 22.3 Å². The largest absolute Gasteiger partial charge is 0.461 e. The summed E-state index contributed by atoms with van der Waals surface area (Å²) in [6.07, 6.45) is 4.42. The van der Waals surface area contributed by atoms with E-state index in [1.54, 1.807) is 39.4 Å². The summed E-state index contributed by atoms with van der Waals surface area (Å²) < 4.78 is 11.8. The van der Waals surface area contributed by atoms with Crippen LogP contribution in [0.25, 0.3) is 22.0 Å². The van der Waals surface area contributed by atoms with Crippen molar-refractivity contribution < 1.29 is 19.1 Å². The Bertz CT molecular complexity index is 1030. The third-order valence-corrected chi connectivity index (χ3v) is 3.85. The molecule has 0 fully saturated rings. The zero-order chi connectivity index (χ0) is 20.5. The Labute approximate surface area is 162 Å². The summed E-state index contributed by atoms with van der Waals surface area (Å²) in [6.45, 7) is 8.49. The molecule has 8 heteroatoms. The maximum absolute atomic E-state index is 12.6. The predicted octanol–water partition coefficient (Wildman–Crippen LogP) is 3.65. The summed E-state index contributed by atoms with van der Waals surface area (Å²) >= 11 is 0. The lowest BCUT2D eigenvalue weighted by atomic mass is 10.0. The summed E-state index contributed by atoms with van der Waals surface area (Å²) in [5.74, 6) is 0.253. The van der Waals surface area contributed by atoms with E-state index in [-0.39, 0.29) is 6.61 Å². The quantitative estimate of drug-likeness (QED) is 0.638. The molecule has 146 valence electrons. The molecule has 1 aromatic carbocycles. The van der Waals surface area contributed by atoms with Gasteiger partial charge in [0, 0.05) is 35.8 Å². The van der Waals surface area contributed by atoms with Gasteiger partial charge in [-0.15, -0.1) is 0 Å². The van der Waals surface area contributed by atoms with Crippen LogP contribution in [0, 0.1) is 6.92 Å². The van der Waals surface area contributed by atoms with Crippen molar-refractivity contribution in [3.63, 3.8) is 0 Å². The minimum atomic E-state index is -0.662. The van der Waals surface area contributed by atoms with Crippen LogP contribution in [0.3, 0.4) is 0 Å². The van der Waals surface area contributed by atoms with Crippen molar-refractivity contribution >= 4 is 23.0 Å². The second kappa shape index (κ2) is 7.38. The SMILES string of the molecule is CC(=O)OCc1cc(-c2cnc(C)nc2)cc2cnn(C(=O)OC(C)(C)C)c12. The van der Waals surface area contributed by atoms with E-state index >= 15 is 0 Å². The monoisotopic (exact) mass is 382 g/mol. The lowest BCUT2D eigenvalue weighted by molar-refractivity contribution is -0.142. The van der Waals surface area contributed by atoms with Gasteiger partial charge in [0.25, 0.3) is 0 Å². The molecular formula is C20H22N4O4. The number of hydrogen-bond acceptors (Lipinski definition) is 7. The molecule has 2 heterocycles. The molecule has 0 spiro atoms. The first kappa shape index (κ1) is 19.5. The highest BCUT2D eigenvalue weighted by atomic mass is 16.6. The van der Waals surface area contributed by atoms with Gasteiger partial charge < -0.3 is 9.47 Å². The minimum absolute atomic E-state index is 0.000876. The Kier molecular flexibility index (Phi) is 5.13. The smallest absolute Gasteiger partial charge is 0.435 e. The van der Waals surface area contributed by atoms with Crippen LogP contribution in [-0.4, -0.2) is 37.4 Å². The first-order chi connectivity index (χ1) is 13.1. The molecule has 0 amide bonds. The van der Waals surface area contributed by atoms with Gasteiger partial charge in [-0.05, 0) is 45.4 Å². The number of benzene rings is 1. The molecule has 0 unspecified atom stereocenters. The van der Waals surface area contributed by atoms with Crippen LogP contribution in [0.4, 0.5) is 4.79 Å². The first-order valence-corrected chi connectivity index (χ1v) is 8.80. The van der Waals surface area contributed by atoms with Crippen LogP contribution >= 0.6 is 0 Å². The lowest BCUT2D eigenvalue weighted by Gasteiger charge is -2.19. The van der Waals surface area contributed by atoms with Crippen molar-refractivity contribution in [2.45, 2.75) is 46.8 Å². The van der Waals surface area contributed by atoms with Gasteiger partial charge in [-0.2, -0.15) is 9.78 Å². The fourth-order valence-electron chi connectivity index (χ4n) is 2.69. The highest BCUT2D eigenvalue weighted by Crippen LogP contribution is 2.28. The summed E-state index contributed by atoms with van der Waals surface area (Å²) in [4.78, 5) is 32.3. The zero-order valence-corrected chi connectivity index (χ0v) is 16.5. The van der Waals surface area contributed by atoms with Crippen molar-refractivity contribution in [2.75, 3.05) is 0 Å². The lowest BCUT2D eigenvalue weighted by Crippen LogP contribution is -2.28. The maximum Gasteiger partial charge on any atom is 0.435 e. The van der Waals surface area contributed by atoms with Crippen LogP contribution in [0.2, 0.25) is 0 Å². The normalized spacial score (nSPS) is 11.5. The molecule has 28 heavy (non-hydrogen) atoms. The number of esters is 1. The van der Waals surface area contributed by atoms with E-state index in [2.05, 4.69) is 15.1 Å². The average Bonchev–Trinajstić information content (AvgIpc) is 3.03. The molecule has 2 aromatic heterocycles. The highest BCUT2D eigenvalue weighted by Gasteiger charge is 2.22. The topological polar surface area (TPSA) is 96.2 Å². The number of aromatic nitrogens is 4. The first-order valence-electron chi connectivity index (χ1n) is 8.80. The van der Waals surface area contributed by atoms with Crippen molar-refractivity contribution in [3.05, 3.63) is 42.1 Å². The van der Waals surface area contributed by atoms with Gasteiger partial charge >= 0.3 is 12.1 Å². The van der Waals surface area contributed by atoms with E-state index in [4.69, 9.17) is 9.47 Å². The van der Waals surface area contributed by atoms with E-state index in [9.17, 15) is 9.59 Å². The van der Waals surface area contributed by atoms with Crippen LogP contribution in [0.5, 0.6) is 0 Å². The fourth-order valence-corrected chi connectivity index (χ4v) is 2.69. The number of nitrogens with zero attached hydrogens (tertiary/aromatic N) is 4. The van der Waals surface area contributed by atoms with Crippen molar-refractivity contribution in [2.24, 2.45) is 0 Å². The van der Waals surface area contributed by atoms with Gasteiger partial charge in [-0.1, -0.05) is 0 Å². The molecule has 0 bridgehead atoms. The molecule has 0 aliphatic rings. The van der Waals surface area contributed by atoms with E-state index in [1.807, 2.05) is 19.1 Å². The summed E-state index contributed by atoms with van der Waals surface area (Å²) in [6, 6.07) is 3.72. The second-order valence-electron chi connectivity index (χ2n) is 7.41. The van der Waals surface area contributed by atoms with E-state index < -0.39 is 17.7 Å². The average molecular weight is 382 g/mol. The fraction of sp³-hybridized carbons (Fsp3) is 0.350. The molecule has 3 rings (SSSR count). The number of aryl methyl sites for hydroxylation is 1. The molecular weight excluding hydrogens is 360 g/mol. The number of ether oxygens (including phenoxy) is 2. The standard InChI is InChI=1S/C20H22N4O4/c1-12-21-8-17(9-22-12)14-6-15-10-23-24(19(26)28-20(3,4)5)18(15)16(7-14)11-27-13(2)25/h6-10H,11H2,1-5H3. The molecule has 0 aliphatic carbocycles. The van der Waals surface area contributed by atoms with E-state index in [1.165, 1.54) is 11.6 Å². The van der Waals surface area contributed by atoms with Gasteiger partial charge in [0.05, 0.1) is 11.7 Å². The second-order valence-corrected chi connectivity index (χ2v) is 7.41. The van der Waals surface area contributed by atoms with E-state index in [0.717, 1.165) is 11.1 Å².